The summed E-state index contributed by atoms with van der Waals surface area (Å²) < 4.78 is 0. The molecule has 1 amide bonds. The molecule has 0 saturated carbocycles. The summed E-state index contributed by atoms with van der Waals surface area (Å²) in [4.78, 5) is 19.1. The van der Waals surface area contributed by atoms with Crippen molar-refractivity contribution in [2.45, 2.75) is 19.8 Å². The smallest absolute Gasteiger partial charge is 0.259 e. The minimum Gasteiger partial charge on any atom is -0.356 e. The van der Waals surface area contributed by atoms with E-state index in [0.29, 0.717) is 5.56 Å². The normalized spacial score (nSPS) is 14.2. The third kappa shape index (κ3) is 3.05. The van der Waals surface area contributed by atoms with Gasteiger partial charge in [-0.05, 0) is 49.6 Å². The molecule has 21 heavy (non-hydrogen) atoms. The Morgan fingerprint density at radius 2 is 2.00 bits per heavy atom. The first kappa shape index (κ1) is 13.6. The number of aromatic nitrogens is 1. The van der Waals surface area contributed by atoms with E-state index in [0.717, 1.165) is 43.0 Å². The zero-order chi connectivity index (χ0) is 14.7. The Morgan fingerprint density at radius 3 is 2.76 bits per heavy atom. The highest BCUT2D eigenvalue weighted by Gasteiger charge is 2.20. The van der Waals surface area contributed by atoms with Crippen LogP contribution in [-0.2, 0) is 0 Å². The van der Waals surface area contributed by atoms with Gasteiger partial charge in [0.15, 0.2) is 0 Å². The molecule has 0 radical (unpaired) electrons. The summed E-state index contributed by atoms with van der Waals surface area (Å²) in [6.45, 7) is 3.96. The molecule has 1 aromatic carbocycles. The number of nitrogens with one attached hydrogen (secondary N) is 1. The van der Waals surface area contributed by atoms with E-state index in [1.54, 1.807) is 6.20 Å². The van der Waals surface area contributed by atoms with Gasteiger partial charge in [-0.3, -0.25) is 4.79 Å². The van der Waals surface area contributed by atoms with E-state index in [-0.39, 0.29) is 5.91 Å². The number of carbonyl (C=O) groups is 1. The number of aryl methyl sites for hydroxylation is 1. The highest BCUT2D eigenvalue weighted by atomic mass is 16.1. The standard InChI is InChI=1S/C17H19N3O/c1-13-6-4-7-14(12-13)19-17(21)15-8-5-9-18-16(15)20-10-2-3-11-20/h4-9,12H,2-3,10-11H2,1H3,(H,19,21). The van der Waals surface area contributed by atoms with Crippen molar-refractivity contribution < 1.29 is 4.79 Å². The van der Waals surface area contributed by atoms with Crippen LogP contribution in [0.5, 0.6) is 0 Å². The maximum atomic E-state index is 12.5. The number of nitrogens with zero attached hydrogens (tertiary/aromatic N) is 2. The summed E-state index contributed by atoms with van der Waals surface area (Å²) in [5.41, 5.74) is 2.58. The van der Waals surface area contributed by atoms with Crippen molar-refractivity contribution in [2.75, 3.05) is 23.3 Å². The van der Waals surface area contributed by atoms with E-state index in [4.69, 9.17) is 0 Å². The van der Waals surface area contributed by atoms with E-state index in [9.17, 15) is 4.79 Å². The molecule has 0 bridgehead atoms. The van der Waals surface area contributed by atoms with Gasteiger partial charge in [0.2, 0.25) is 0 Å². The molecule has 1 aliphatic heterocycles. The third-order valence-electron chi connectivity index (χ3n) is 3.71. The lowest BCUT2D eigenvalue weighted by atomic mass is 10.2. The molecular weight excluding hydrogens is 262 g/mol. The SMILES string of the molecule is Cc1cccc(NC(=O)c2cccnc2N2CCCC2)c1. The molecule has 0 spiro atoms. The predicted octanol–water partition coefficient (Wildman–Crippen LogP) is 3.24. The minimum absolute atomic E-state index is 0.101. The van der Waals surface area contributed by atoms with E-state index in [2.05, 4.69) is 15.2 Å². The van der Waals surface area contributed by atoms with Gasteiger partial charge in [0.05, 0.1) is 5.56 Å². The average Bonchev–Trinajstić information content (AvgIpc) is 3.01. The summed E-state index contributed by atoms with van der Waals surface area (Å²) in [5.74, 6) is 0.691. The molecule has 3 rings (SSSR count). The zero-order valence-corrected chi connectivity index (χ0v) is 12.2. The third-order valence-corrected chi connectivity index (χ3v) is 3.71. The fourth-order valence-corrected chi connectivity index (χ4v) is 2.68. The first-order valence-corrected chi connectivity index (χ1v) is 7.32. The highest BCUT2D eigenvalue weighted by Crippen LogP contribution is 2.23. The summed E-state index contributed by atoms with van der Waals surface area (Å²) >= 11 is 0. The van der Waals surface area contributed by atoms with Crippen molar-refractivity contribution in [3.63, 3.8) is 0 Å². The molecule has 108 valence electrons. The second kappa shape index (κ2) is 5.95. The van der Waals surface area contributed by atoms with Crippen LogP contribution in [0.3, 0.4) is 0 Å². The highest BCUT2D eigenvalue weighted by molar-refractivity contribution is 6.07. The summed E-state index contributed by atoms with van der Waals surface area (Å²) in [6.07, 6.45) is 4.07. The Morgan fingerprint density at radius 1 is 1.19 bits per heavy atom. The number of pyridine rings is 1. The Bertz CT molecular complexity index is 648. The predicted molar refractivity (Wildman–Crippen MR) is 84.8 cm³/mol. The topological polar surface area (TPSA) is 45.2 Å². The lowest BCUT2D eigenvalue weighted by molar-refractivity contribution is 0.102. The Balaban J connectivity index is 1.84. The average molecular weight is 281 g/mol. The summed E-state index contributed by atoms with van der Waals surface area (Å²) in [6, 6.07) is 11.5. The molecule has 2 heterocycles. The molecule has 2 aromatic rings. The van der Waals surface area contributed by atoms with Crippen molar-refractivity contribution in [1.29, 1.82) is 0 Å². The number of benzene rings is 1. The number of carbonyl (C=O) groups excluding carboxylic acids is 1. The maximum Gasteiger partial charge on any atom is 0.259 e. The fourth-order valence-electron chi connectivity index (χ4n) is 2.68. The largest absolute Gasteiger partial charge is 0.356 e. The second-order valence-corrected chi connectivity index (χ2v) is 5.39. The van der Waals surface area contributed by atoms with Gasteiger partial charge in [0.1, 0.15) is 5.82 Å². The van der Waals surface area contributed by atoms with Crippen LogP contribution in [0, 0.1) is 6.92 Å². The molecule has 1 aromatic heterocycles. The summed E-state index contributed by atoms with van der Waals surface area (Å²) in [7, 11) is 0. The van der Waals surface area contributed by atoms with Crippen LogP contribution < -0.4 is 10.2 Å². The molecule has 1 fully saturated rings. The van der Waals surface area contributed by atoms with Crippen LogP contribution in [0.2, 0.25) is 0 Å². The lowest BCUT2D eigenvalue weighted by Gasteiger charge is -2.19. The first-order chi connectivity index (χ1) is 10.2. The van der Waals surface area contributed by atoms with Gasteiger partial charge in [0, 0.05) is 25.0 Å². The first-order valence-electron chi connectivity index (χ1n) is 7.32. The van der Waals surface area contributed by atoms with E-state index in [1.165, 1.54) is 0 Å². The monoisotopic (exact) mass is 281 g/mol. The van der Waals surface area contributed by atoms with Gasteiger partial charge in [-0.15, -0.1) is 0 Å². The van der Waals surface area contributed by atoms with Crippen LogP contribution in [0.15, 0.2) is 42.6 Å². The number of hydrogen-bond donors (Lipinski definition) is 1. The van der Waals surface area contributed by atoms with Gasteiger partial charge in [-0.2, -0.15) is 0 Å². The minimum atomic E-state index is -0.101. The number of rotatable bonds is 3. The van der Waals surface area contributed by atoms with Crippen molar-refractivity contribution in [3.8, 4) is 0 Å². The Kier molecular flexibility index (Phi) is 3.86. The molecule has 4 nitrogen and oxygen atoms in total. The summed E-state index contributed by atoms with van der Waals surface area (Å²) in [5, 5.41) is 2.96. The van der Waals surface area contributed by atoms with Crippen LogP contribution in [-0.4, -0.2) is 24.0 Å². The van der Waals surface area contributed by atoms with Crippen LogP contribution in [0.1, 0.15) is 28.8 Å². The molecule has 1 saturated heterocycles. The Labute approximate surface area is 124 Å². The van der Waals surface area contributed by atoms with Crippen LogP contribution >= 0.6 is 0 Å². The van der Waals surface area contributed by atoms with Crippen molar-refractivity contribution >= 4 is 17.4 Å². The number of anilines is 2. The number of hydrogen-bond acceptors (Lipinski definition) is 3. The molecular formula is C17H19N3O. The second-order valence-electron chi connectivity index (χ2n) is 5.39. The van der Waals surface area contributed by atoms with Crippen molar-refractivity contribution in [3.05, 3.63) is 53.7 Å². The van der Waals surface area contributed by atoms with Crippen molar-refractivity contribution in [2.24, 2.45) is 0 Å². The van der Waals surface area contributed by atoms with Crippen molar-refractivity contribution in [1.82, 2.24) is 4.98 Å². The van der Waals surface area contributed by atoms with Gasteiger partial charge in [-0.1, -0.05) is 12.1 Å². The van der Waals surface area contributed by atoms with E-state index < -0.39 is 0 Å². The quantitative estimate of drug-likeness (QED) is 0.939. The zero-order valence-electron chi connectivity index (χ0n) is 12.2. The molecule has 1 aliphatic rings. The van der Waals surface area contributed by atoms with Gasteiger partial charge in [0.25, 0.3) is 5.91 Å². The van der Waals surface area contributed by atoms with Crippen LogP contribution in [0.25, 0.3) is 0 Å². The molecule has 4 heteroatoms. The van der Waals surface area contributed by atoms with Gasteiger partial charge >= 0.3 is 0 Å². The molecule has 1 N–H and O–H groups in total. The molecule has 0 aliphatic carbocycles. The lowest BCUT2D eigenvalue weighted by Crippen LogP contribution is -2.24. The molecule has 0 unspecified atom stereocenters. The number of amides is 1. The van der Waals surface area contributed by atoms with E-state index >= 15 is 0 Å². The fraction of sp³-hybridized carbons (Fsp3) is 0.294. The molecule has 0 atom stereocenters. The van der Waals surface area contributed by atoms with Gasteiger partial charge < -0.3 is 10.2 Å². The van der Waals surface area contributed by atoms with Gasteiger partial charge in [-0.25, -0.2) is 4.98 Å². The van der Waals surface area contributed by atoms with Crippen LogP contribution in [0.4, 0.5) is 11.5 Å². The van der Waals surface area contributed by atoms with E-state index in [1.807, 2.05) is 43.3 Å². The maximum absolute atomic E-state index is 12.5. The Hall–Kier alpha value is -2.36.